The lowest BCUT2D eigenvalue weighted by Gasteiger charge is -2.17. The third kappa shape index (κ3) is 9.13. The molecule has 32 heavy (non-hydrogen) atoms. The van der Waals surface area contributed by atoms with Gasteiger partial charge in [-0.25, -0.2) is 4.79 Å². The van der Waals surface area contributed by atoms with Gasteiger partial charge in [0.25, 0.3) is 0 Å². The zero-order valence-corrected chi connectivity index (χ0v) is 19.8. The lowest BCUT2D eigenvalue weighted by atomic mass is 9.87. The molecule has 170 valence electrons. The van der Waals surface area contributed by atoms with Crippen LogP contribution in [0, 0.1) is 0 Å². The highest BCUT2D eigenvalue weighted by Gasteiger charge is 2.13. The van der Waals surface area contributed by atoms with E-state index >= 15 is 0 Å². The first-order valence-corrected chi connectivity index (χ1v) is 10.7. The zero-order chi connectivity index (χ0) is 24.4. The second kappa shape index (κ2) is 17.2. The van der Waals surface area contributed by atoms with E-state index in [2.05, 4.69) is 43.8 Å². The molecule has 2 nitrogen and oxygen atoms in total. The van der Waals surface area contributed by atoms with Crippen molar-refractivity contribution in [2.45, 2.75) is 34.1 Å². The summed E-state index contributed by atoms with van der Waals surface area (Å²) < 4.78 is 9.50. The van der Waals surface area contributed by atoms with Gasteiger partial charge in [-0.3, -0.25) is 4.39 Å². The number of halogens is 1. The molecule has 3 heteroatoms. The Bertz CT molecular complexity index is 931. The fourth-order valence-corrected chi connectivity index (χ4v) is 3.14. The van der Waals surface area contributed by atoms with Crippen LogP contribution in [0.3, 0.4) is 0 Å². The predicted octanol–water partition coefficient (Wildman–Crippen LogP) is 8.41. The van der Waals surface area contributed by atoms with Crippen molar-refractivity contribution in [3.8, 4) is 0 Å². The van der Waals surface area contributed by atoms with Gasteiger partial charge in [-0.1, -0.05) is 106 Å². The highest BCUT2D eigenvalue weighted by Crippen LogP contribution is 2.35. The molecule has 0 heterocycles. The minimum Gasteiger partial charge on any atom is -0.478 e. The molecule has 0 fully saturated rings. The molecule has 0 unspecified atom stereocenters. The average Bonchev–Trinajstić information content (AvgIpc) is 2.84. The minimum atomic E-state index is -0.953. The van der Waals surface area contributed by atoms with Gasteiger partial charge in [0, 0.05) is 6.08 Å². The van der Waals surface area contributed by atoms with Crippen molar-refractivity contribution in [3.05, 3.63) is 114 Å². The molecule has 2 aromatic carbocycles. The number of carbonyl (C=O) groups is 1. The lowest BCUT2D eigenvalue weighted by Crippen LogP contribution is -1.95. The van der Waals surface area contributed by atoms with Gasteiger partial charge < -0.3 is 5.11 Å². The molecule has 0 radical (unpaired) electrons. The SMILES string of the molecule is C=C/C=C(\C=C/C)C(=C(\CC)c1ccccc1)/c1ccc(/C=C/C(=O)O)cc1.CC.CF. The van der Waals surface area contributed by atoms with E-state index in [9.17, 15) is 9.18 Å². The summed E-state index contributed by atoms with van der Waals surface area (Å²) >= 11 is 0. The summed E-state index contributed by atoms with van der Waals surface area (Å²) in [5.41, 5.74) is 6.62. The Morgan fingerprint density at radius 2 is 1.56 bits per heavy atom. The monoisotopic (exact) mass is 434 g/mol. The Balaban J connectivity index is 0.00000227. The molecule has 0 saturated carbocycles. The minimum absolute atomic E-state index is 0.500. The Labute approximate surface area is 192 Å². The van der Waals surface area contributed by atoms with Crippen LogP contribution < -0.4 is 0 Å². The fourth-order valence-electron chi connectivity index (χ4n) is 3.14. The second-order valence-electron chi connectivity index (χ2n) is 6.22. The van der Waals surface area contributed by atoms with Crippen molar-refractivity contribution in [2.24, 2.45) is 0 Å². The lowest BCUT2D eigenvalue weighted by molar-refractivity contribution is -0.131. The highest BCUT2D eigenvalue weighted by atomic mass is 19.1. The summed E-state index contributed by atoms with van der Waals surface area (Å²) in [5.74, 6) is -0.953. The van der Waals surface area contributed by atoms with E-state index in [-0.39, 0.29) is 0 Å². The van der Waals surface area contributed by atoms with E-state index in [1.54, 1.807) is 12.2 Å². The Morgan fingerprint density at radius 3 is 2.03 bits per heavy atom. The third-order valence-corrected chi connectivity index (χ3v) is 4.33. The van der Waals surface area contributed by atoms with Crippen LogP contribution in [0.5, 0.6) is 0 Å². The smallest absolute Gasteiger partial charge is 0.328 e. The maximum absolute atomic E-state index is 10.7. The summed E-state index contributed by atoms with van der Waals surface area (Å²) in [7, 11) is 0.500. The van der Waals surface area contributed by atoms with Gasteiger partial charge in [-0.15, -0.1) is 0 Å². The maximum atomic E-state index is 10.7. The number of allylic oxidation sites excluding steroid dienone is 7. The molecule has 1 N–H and O–H groups in total. The van der Waals surface area contributed by atoms with Gasteiger partial charge in [0.1, 0.15) is 0 Å². The standard InChI is InChI=1S/C26H26O2.C2H6.CH3F/c1-4-10-22(11-5-2)26(24(6-3)21-12-8-7-9-13-21)23-17-14-20(15-18-23)16-19-25(27)28;2*1-2/h4-5,7-19H,1,6H2,2-3H3,(H,27,28);1-2H3;1H3/b11-5-,19-16+,22-10+,26-24-;;. The molecule has 0 aliphatic heterocycles. The van der Waals surface area contributed by atoms with Crippen LogP contribution in [-0.2, 0) is 4.79 Å². The van der Waals surface area contributed by atoms with Crippen molar-refractivity contribution in [3.63, 3.8) is 0 Å². The molecule has 2 aromatic rings. The number of benzene rings is 2. The number of carboxylic acid groups (broad SMARTS) is 1. The number of carboxylic acids is 1. The van der Waals surface area contributed by atoms with E-state index in [0.29, 0.717) is 7.18 Å². The largest absolute Gasteiger partial charge is 0.478 e. The quantitative estimate of drug-likeness (QED) is 0.257. The molecule has 0 atom stereocenters. The number of hydrogen-bond donors (Lipinski definition) is 1. The number of alkyl halides is 1. The van der Waals surface area contributed by atoms with Gasteiger partial charge in [0.05, 0.1) is 7.18 Å². The highest BCUT2D eigenvalue weighted by molar-refractivity contribution is 6.00. The summed E-state index contributed by atoms with van der Waals surface area (Å²) in [6, 6.07) is 18.3. The molecule has 0 spiro atoms. The molecule has 0 aromatic heterocycles. The molecule has 0 bridgehead atoms. The molecular weight excluding hydrogens is 399 g/mol. The molecule has 0 aliphatic rings. The van der Waals surface area contributed by atoms with Crippen molar-refractivity contribution in [1.29, 1.82) is 0 Å². The van der Waals surface area contributed by atoms with Crippen molar-refractivity contribution in [1.82, 2.24) is 0 Å². The summed E-state index contributed by atoms with van der Waals surface area (Å²) in [4.78, 5) is 10.7. The number of hydrogen-bond acceptors (Lipinski definition) is 1. The van der Waals surface area contributed by atoms with E-state index < -0.39 is 5.97 Å². The van der Waals surface area contributed by atoms with Crippen LogP contribution in [0.4, 0.5) is 4.39 Å². The van der Waals surface area contributed by atoms with Gasteiger partial charge in [-0.05, 0) is 52.8 Å². The molecule has 0 amide bonds. The first-order valence-electron chi connectivity index (χ1n) is 10.7. The van der Waals surface area contributed by atoms with E-state index in [0.717, 1.165) is 34.8 Å². The summed E-state index contributed by atoms with van der Waals surface area (Å²) in [6.45, 7) is 12.0. The molecule has 0 aliphatic carbocycles. The molecular formula is C29H35FO2. The number of aliphatic carboxylic acids is 1. The summed E-state index contributed by atoms with van der Waals surface area (Å²) in [5, 5.41) is 8.82. The van der Waals surface area contributed by atoms with Crippen LogP contribution >= 0.6 is 0 Å². The van der Waals surface area contributed by atoms with E-state index in [4.69, 9.17) is 5.11 Å². The first-order chi connectivity index (χ1) is 15.6. The van der Waals surface area contributed by atoms with E-state index in [1.165, 1.54) is 11.1 Å². The van der Waals surface area contributed by atoms with Gasteiger partial charge in [0.2, 0.25) is 0 Å². The second-order valence-corrected chi connectivity index (χ2v) is 6.22. The van der Waals surface area contributed by atoms with Crippen LogP contribution in [-0.4, -0.2) is 18.3 Å². The summed E-state index contributed by atoms with van der Waals surface area (Å²) in [6.07, 6.45) is 11.6. The molecule has 2 rings (SSSR count). The van der Waals surface area contributed by atoms with Gasteiger partial charge in [-0.2, -0.15) is 0 Å². The Kier molecular flexibility index (Phi) is 15.4. The van der Waals surface area contributed by atoms with Crippen molar-refractivity contribution in [2.75, 3.05) is 7.18 Å². The van der Waals surface area contributed by atoms with E-state index in [1.807, 2.05) is 63.3 Å². The average molecular weight is 435 g/mol. The Hall–Kier alpha value is -3.46. The zero-order valence-electron chi connectivity index (χ0n) is 19.8. The van der Waals surface area contributed by atoms with Gasteiger partial charge >= 0.3 is 5.97 Å². The van der Waals surface area contributed by atoms with Crippen molar-refractivity contribution >= 4 is 23.2 Å². The Morgan fingerprint density at radius 1 is 0.969 bits per heavy atom. The van der Waals surface area contributed by atoms with Crippen LogP contribution in [0.25, 0.3) is 17.2 Å². The third-order valence-electron chi connectivity index (χ3n) is 4.33. The van der Waals surface area contributed by atoms with Gasteiger partial charge in [0.15, 0.2) is 0 Å². The van der Waals surface area contributed by atoms with Crippen molar-refractivity contribution < 1.29 is 14.3 Å². The first kappa shape index (κ1) is 28.5. The number of rotatable bonds is 8. The van der Waals surface area contributed by atoms with Crippen LogP contribution in [0.1, 0.15) is 50.8 Å². The van der Waals surface area contributed by atoms with Crippen LogP contribution in [0.2, 0.25) is 0 Å². The predicted molar refractivity (Wildman–Crippen MR) is 138 cm³/mol. The topological polar surface area (TPSA) is 37.3 Å². The fraction of sp³-hybridized carbons (Fsp3) is 0.207. The molecule has 0 saturated heterocycles. The normalized spacial score (nSPS) is 11.8. The van der Waals surface area contributed by atoms with Crippen LogP contribution in [0.15, 0.2) is 97.1 Å². The maximum Gasteiger partial charge on any atom is 0.328 e.